The van der Waals surface area contributed by atoms with Crippen molar-refractivity contribution in [2.45, 2.75) is 35.1 Å². The quantitative estimate of drug-likeness (QED) is 0.884. The number of hydrogen-bond acceptors (Lipinski definition) is 6. The van der Waals surface area contributed by atoms with E-state index in [9.17, 15) is 8.42 Å². The molecule has 8 heteroatoms. The van der Waals surface area contributed by atoms with Crippen LogP contribution in [-0.4, -0.2) is 49.0 Å². The van der Waals surface area contributed by atoms with E-state index in [0.29, 0.717) is 23.9 Å². The molecule has 4 rings (SSSR count). The first-order valence-electron chi connectivity index (χ1n) is 8.43. The molecule has 0 amide bonds. The highest BCUT2D eigenvalue weighted by Gasteiger charge is 2.45. The van der Waals surface area contributed by atoms with Crippen LogP contribution in [-0.2, 0) is 14.8 Å². The third kappa shape index (κ3) is 3.44. The summed E-state index contributed by atoms with van der Waals surface area (Å²) in [5, 5.41) is 5.21. The Hall–Kier alpha value is -1.48. The van der Waals surface area contributed by atoms with Gasteiger partial charge in [0.1, 0.15) is 10.0 Å². The molecular weight excluding hydrogens is 358 g/mol. The topological polar surface area (TPSA) is 71.5 Å². The summed E-state index contributed by atoms with van der Waals surface area (Å²) < 4.78 is 33.4. The van der Waals surface area contributed by atoms with Gasteiger partial charge in [-0.3, -0.25) is 0 Å². The maximum absolute atomic E-state index is 12.6. The third-order valence-corrected chi connectivity index (χ3v) is 8.22. The van der Waals surface area contributed by atoms with Gasteiger partial charge in [0, 0.05) is 19.3 Å². The molecule has 0 saturated carbocycles. The minimum atomic E-state index is -3.36. The van der Waals surface area contributed by atoms with E-state index in [4.69, 9.17) is 4.74 Å². The Morgan fingerprint density at radius 3 is 2.76 bits per heavy atom. The van der Waals surface area contributed by atoms with Crippen LogP contribution in [0.25, 0.3) is 0 Å². The second kappa shape index (κ2) is 6.68. The van der Waals surface area contributed by atoms with E-state index >= 15 is 0 Å². The van der Waals surface area contributed by atoms with Gasteiger partial charge in [0.25, 0.3) is 10.0 Å². The van der Waals surface area contributed by atoms with E-state index in [1.165, 1.54) is 11.3 Å². The molecule has 0 aromatic carbocycles. The molecule has 2 aliphatic heterocycles. The van der Waals surface area contributed by atoms with Crippen LogP contribution < -0.4 is 5.32 Å². The summed E-state index contributed by atoms with van der Waals surface area (Å²) in [7, 11) is -3.36. The molecule has 0 unspecified atom stereocenters. The van der Waals surface area contributed by atoms with E-state index in [0.717, 1.165) is 25.1 Å². The average molecular weight is 380 g/mol. The van der Waals surface area contributed by atoms with Crippen molar-refractivity contribution in [1.82, 2.24) is 9.29 Å². The number of aromatic nitrogens is 1. The van der Waals surface area contributed by atoms with Crippen LogP contribution in [0.15, 0.2) is 46.1 Å². The smallest absolute Gasteiger partial charge is 0.252 e. The fraction of sp³-hybridized carbons (Fsp3) is 0.471. The lowest BCUT2D eigenvalue weighted by Gasteiger charge is -2.37. The number of thiophene rings is 1. The van der Waals surface area contributed by atoms with Gasteiger partial charge >= 0.3 is 0 Å². The van der Waals surface area contributed by atoms with Crippen molar-refractivity contribution in [2.24, 2.45) is 0 Å². The van der Waals surface area contributed by atoms with Gasteiger partial charge in [-0.15, -0.1) is 11.3 Å². The lowest BCUT2D eigenvalue weighted by molar-refractivity contribution is -0.0309. The molecule has 0 radical (unpaired) electrons. The Morgan fingerprint density at radius 1 is 1.24 bits per heavy atom. The van der Waals surface area contributed by atoms with Crippen molar-refractivity contribution in [1.29, 1.82) is 0 Å². The summed E-state index contributed by atoms with van der Waals surface area (Å²) in [5.41, 5.74) is -0.214. The molecule has 1 N–H and O–H groups in total. The highest BCUT2D eigenvalue weighted by Crippen LogP contribution is 2.38. The van der Waals surface area contributed by atoms with Gasteiger partial charge in [-0.2, -0.15) is 4.31 Å². The van der Waals surface area contributed by atoms with Crippen molar-refractivity contribution in [3.05, 3.63) is 41.9 Å². The van der Waals surface area contributed by atoms with Gasteiger partial charge in [-0.25, -0.2) is 13.4 Å². The third-order valence-electron chi connectivity index (χ3n) is 4.95. The number of hydrogen-bond donors (Lipinski definition) is 1. The lowest BCUT2D eigenvalue weighted by atomic mass is 9.88. The highest BCUT2D eigenvalue weighted by molar-refractivity contribution is 7.91. The number of nitrogens with zero attached hydrogens (tertiary/aromatic N) is 2. The Balaban J connectivity index is 1.37. The van der Waals surface area contributed by atoms with Crippen LogP contribution >= 0.6 is 11.3 Å². The Bertz CT molecular complexity index is 801. The average Bonchev–Trinajstić information content (AvgIpc) is 3.28. The zero-order chi connectivity index (χ0) is 17.3. The van der Waals surface area contributed by atoms with Crippen LogP contribution in [0.1, 0.15) is 19.3 Å². The summed E-state index contributed by atoms with van der Waals surface area (Å²) in [6.07, 6.45) is 4.12. The number of sulfonamides is 1. The van der Waals surface area contributed by atoms with Crippen molar-refractivity contribution in [2.75, 3.05) is 25.0 Å². The summed E-state index contributed by atoms with van der Waals surface area (Å²) >= 11 is 1.27. The largest absolute Gasteiger partial charge is 0.373 e. The van der Waals surface area contributed by atoms with E-state index in [-0.39, 0.29) is 11.6 Å². The molecule has 1 atom stereocenters. The molecule has 25 heavy (non-hydrogen) atoms. The second-order valence-corrected chi connectivity index (χ2v) is 9.70. The molecule has 2 aromatic heterocycles. The van der Waals surface area contributed by atoms with Crippen LogP contribution in [0.2, 0.25) is 0 Å². The normalized spacial score (nSPS) is 23.8. The molecule has 2 aliphatic rings. The van der Waals surface area contributed by atoms with Gasteiger partial charge in [-0.1, -0.05) is 12.1 Å². The van der Waals surface area contributed by atoms with Crippen molar-refractivity contribution in [3.63, 3.8) is 0 Å². The molecule has 4 heterocycles. The van der Waals surface area contributed by atoms with Gasteiger partial charge in [0.2, 0.25) is 0 Å². The van der Waals surface area contributed by atoms with Gasteiger partial charge in [0.05, 0.1) is 18.2 Å². The summed E-state index contributed by atoms with van der Waals surface area (Å²) in [6, 6.07) is 9.45. The van der Waals surface area contributed by atoms with Crippen molar-refractivity contribution >= 4 is 27.2 Å². The molecule has 6 nitrogen and oxygen atoms in total. The van der Waals surface area contributed by atoms with Crippen molar-refractivity contribution < 1.29 is 13.2 Å². The summed E-state index contributed by atoms with van der Waals surface area (Å²) in [6.45, 7) is 1.65. The molecular formula is C17H21N3O3S2. The minimum Gasteiger partial charge on any atom is -0.373 e. The lowest BCUT2D eigenvalue weighted by Crippen LogP contribution is -2.46. The first-order chi connectivity index (χ1) is 12.1. The first kappa shape index (κ1) is 17.0. The number of ether oxygens (including phenoxy) is 1. The number of rotatable bonds is 4. The highest BCUT2D eigenvalue weighted by atomic mass is 32.2. The Morgan fingerprint density at radius 2 is 2.08 bits per heavy atom. The number of anilines is 1. The monoisotopic (exact) mass is 379 g/mol. The van der Waals surface area contributed by atoms with Gasteiger partial charge < -0.3 is 10.1 Å². The number of nitrogens with one attached hydrogen (secondary N) is 1. The molecule has 0 aliphatic carbocycles. The van der Waals surface area contributed by atoms with Crippen molar-refractivity contribution in [3.8, 4) is 0 Å². The van der Waals surface area contributed by atoms with E-state index in [2.05, 4.69) is 10.3 Å². The zero-order valence-electron chi connectivity index (χ0n) is 13.8. The fourth-order valence-corrected chi connectivity index (χ4v) is 6.20. The van der Waals surface area contributed by atoms with E-state index < -0.39 is 10.0 Å². The Kier molecular flexibility index (Phi) is 4.53. The van der Waals surface area contributed by atoms with Crippen LogP contribution in [0, 0.1) is 0 Å². The SMILES string of the molecule is O=S(=O)(c1cccs1)N1CCC2(CC1)C[C@@H](Nc1ccccn1)CO2. The maximum atomic E-state index is 12.6. The molecule has 0 bridgehead atoms. The minimum absolute atomic E-state index is 0.214. The molecule has 2 saturated heterocycles. The van der Waals surface area contributed by atoms with E-state index in [1.54, 1.807) is 28.0 Å². The predicted octanol–water partition coefficient (Wildman–Crippen LogP) is 2.57. The summed E-state index contributed by atoms with van der Waals surface area (Å²) in [5.74, 6) is 0.853. The maximum Gasteiger partial charge on any atom is 0.252 e. The molecule has 2 aromatic rings. The fourth-order valence-electron chi connectivity index (χ4n) is 3.61. The van der Waals surface area contributed by atoms with Crippen LogP contribution in [0.3, 0.4) is 0 Å². The summed E-state index contributed by atoms with van der Waals surface area (Å²) in [4.78, 5) is 4.30. The molecule has 1 spiro atoms. The number of pyridine rings is 1. The van der Waals surface area contributed by atoms with Gasteiger partial charge in [-0.05, 0) is 42.8 Å². The second-order valence-electron chi connectivity index (χ2n) is 6.59. The molecule has 2 fully saturated rings. The van der Waals surface area contributed by atoms with Gasteiger partial charge in [0.15, 0.2) is 0 Å². The van der Waals surface area contributed by atoms with Crippen LogP contribution in [0.5, 0.6) is 0 Å². The Labute approximate surface area is 151 Å². The first-order valence-corrected chi connectivity index (χ1v) is 10.7. The van der Waals surface area contributed by atoms with E-state index in [1.807, 2.05) is 18.2 Å². The standard InChI is InChI=1S/C17H21N3O3S2/c21-25(22,16-5-3-11-24-16)20-9-6-17(7-10-20)12-14(13-23-17)19-15-4-1-2-8-18-15/h1-5,8,11,14H,6-7,9-10,12-13H2,(H,18,19)/t14-/m1/s1. The molecule has 134 valence electrons. The van der Waals surface area contributed by atoms with Crippen LogP contribution in [0.4, 0.5) is 5.82 Å². The zero-order valence-corrected chi connectivity index (χ0v) is 15.4. The number of piperidine rings is 1. The predicted molar refractivity (Wildman–Crippen MR) is 97.3 cm³/mol.